The molecule has 0 aliphatic heterocycles. The molecular formula is C20H24N2O4. The lowest BCUT2D eigenvalue weighted by molar-refractivity contribution is -0.141. The van der Waals surface area contributed by atoms with Gasteiger partial charge in [-0.1, -0.05) is 37.3 Å². The molecule has 1 amide bonds. The van der Waals surface area contributed by atoms with E-state index in [1.807, 2.05) is 47.4 Å². The molecule has 0 saturated heterocycles. The van der Waals surface area contributed by atoms with Crippen molar-refractivity contribution < 1.29 is 19.4 Å². The smallest absolute Gasteiger partial charge is 0.307 e. The zero-order chi connectivity index (χ0) is 18.9. The highest BCUT2D eigenvalue weighted by Gasteiger charge is 2.15. The molecule has 6 nitrogen and oxygen atoms in total. The van der Waals surface area contributed by atoms with Crippen LogP contribution in [-0.2, 0) is 9.59 Å². The Morgan fingerprint density at radius 3 is 2.46 bits per heavy atom. The molecule has 0 aliphatic rings. The van der Waals surface area contributed by atoms with Crippen molar-refractivity contribution in [2.24, 2.45) is 5.92 Å². The van der Waals surface area contributed by atoms with E-state index >= 15 is 0 Å². The van der Waals surface area contributed by atoms with Crippen LogP contribution in [0.25, 0.3) is 0 Å². The van der Waals surface area contributed by atoms with Crippen LogP contribution in [0.15, 0.2) is 54.6 Å². The zero-order valence-corrected chi connectivity index (χ0v) is 15.0. The Hall–Kier alpha value is -2.86. The van der Waals surface area contributed by atoms with Crippen molar-refractivity contribution in [3.05, 3.63) is 54.6 Å². The number of hydrogen-bond acceptors (Lipinski definition) is 4. The van der Waals surface area contributed by atoms with Crippen LogP contribution in [-0.4, -0.2) is 42.0 Å². The van der Waals surface area contributed by atoms with Gasteiger partial charge in [0.1, 0.15) is 5.75 Å². The first-order valence-corrected chi connectivity index (χ1v) is 8.49. The summed E-state index contributed by atoms with van der Waals surface area (Å²) >= 11 is 0. The van der Waals surface area contributed by atoms with Gasteiger partial charge in [0.05, 0.1) is 11.6 Å². The topological polar surface area (TPSA) is 78.9 Å². The highest BCUT2D eigenvalue weighted by atomic mass is 16.5. The Balaban J connectivity index is 1.90. The zero-order valence-electron chi connectivity index (χ0n) is 15.0. The van der Waals surface area contributed by atoms with Gasteiger partial charge in [-0.15, -0.1) is 0 Å². The standard InChI is InChI=1S/C20H24N2O4/c1-15(20(24)25)14-22(2)13-12-19(23)21-17-10-6-7-11-18(17)26-16-8-4-3-5-9-16/h3-11,15H,12-14H2,1-2H3,(H,21,23)(H,24,25). The maximum absolute atomic E-state index is 12.2. The van der Waals surface area contributed by atoms with Crippen LogP contribution in [0, 0.1) is 5.92 Å². The van der Waals surface area contributed by atoms with E-state index in [1.54, 1.807) is 26.1 Å². The lowest BCUT2D eigenvalue weighted by Crippen LogP contribution is -2.31. The van der Waals surface area contributed by atoms with Gasteiger partial charge in [0.15, 0.2) is 5.75 Å². The fourth-order valence-electron chi connectivity index (χ4n) is 2.42. The van der Waals surface area contributed by atoms with E-state index in [4.69, 9.17) is 9.84 Å². The van der Waals surface area contributed by atoms with Gasteiger partial charge in [0.2, 0.25) is 5.91 Å². The number of rotatable bonds is 9. The van der Waals surface area contributed by atoms with Crippen LogP contribution >= 0.6 is 0 Å². The molecule has 1 atom stereocenters. The molecule has 0 bridgehead atoms. The molecule has 0 saturated carbocycles. The first-order chi connectivity index (χ1) is 12.5. The molecule has 2 aromatic rings. The quantitative estimate of drug-likeness (QED) is 0.719. The second kappa shape index (κ2) is 9.58. The normalized spacial score (nSPS) is 11.8. The molecule has 2 aromatic carbocycles. The Kier molecular flexibility index (Phi) is 7.17. The monoisotopic (exact) mass is 356 g/mol. The maximum Gasteiger partial charge on any atom is 0.307 e. The summed E-state index contributed by atoms with van der Waals surface area (Å²) in [5.41, 5.74) is 0.600. The summed E-state index contributed by atoms with van der Waals surface area (Å²) in [5.74, 6) is -0.197. The number of para-hydroxylation sites is 3. The molecule has 0 spiro atoms. The van der Waals surface area contributed by atoms with Crippen molar-refractivity contribution in [1.82, 2.24) is 4.90 Å². The largest absolute Gasteiger partial charge is 0.481 e. The van der Waals surface area contributed by atoms with Crippen molar-refractivity contribution in [3.63, 3.8) is 0 Å². The van der Waals surface area contributed by atoms with Crippen LogP contribution < -0.4 is 10.1 Å². The van der Waals surface area contributed by atoms with Crippen molar-refractivity contribution in [3.8, 4) is 11.5 Å². The minimum atomic E-state index is -0.840. The molecule has 0 fully saturated rings. The third-order valence-electron chi connectivity index (χ3n) is 3.86. The number of carboxylic acid groups (broad SMARTS) is 1. The Morgan fingerprint density at radius 1 is 1.12 bits per heavy atom. The van der Waals surface area contributed by atoms with E-state index in [9.17, 15) is 9.59 Å². The first-order valence-electron chi connectivity index (χ1n) is 8.49. The predicted molar refractivity (Wildman–Crippen MR) is 101 cm³/mol. The summed E-state index contributed by atoms with van der Waals surface area (Å²) in [7, 11) is 1.80. The number of benzene rings is 2. The number of nitrogens with one attached hydrogen (secondary N) is 1. The van der Waals surface area contributed by atoms with Crippen molar-refractivity contribution in [2.75, 3.05) is 25.5 Å². The molecule has 1 unspecified atom stereocenters. The van der Waals surface area contributed by atoms with Crippen LogP contribution in [0.2, 0.25) is 0 Å². The average Bonchev–Trinajstić information content (AvgIpc) is 2.62. The summed E-state index contributed by atoms with van der Waals surface area (Å²) in [6, 6.07) is 16.6. The Bertz CT molecular complexity index is 734. The number of carbonyl (C=O) groups is 2. The molecule has 0 radical (unpaired) electrons. The highest BCUT2D eigenvalue weighted by Crippen LogP contribution is 2.29. The van der Waals surface area contributed by atoms with E-state index in [-0.39, 0.29) is 12.3 Å². The van der Waals surface area contributed by atoms with Crippen LogP contribution in [0.4, 0.5) is 5.69 Å². The summed E-state index contributed by atoms with van der Waals surface area (Å²) in [6.45, 7) is 2.53. The van der Waals surface area contributed by atoms with E-state index < -0.39 is 11.9 Å². The molecule has 0 heterocycles. The van der Waals surface area contributed by atoms with Gasteiger partial charge < -0.3 is 20.1 Å². The van der Waals surface area contributed by atoms with E-state index in [1.165, 1.54) is 0 Å². The van der Waals surface area contributed by atoms with Crippen molar-refractivity contribution >= 4 is 17.6 Å². The van der Waals surface area contributed by atoms with Gasteiger partial charge >= 0.3 is 5.97 Å². The molecule has 2 rings (SSSR count). The van der Waals surface area contributed by atoms with Crippen LogP contribution in [0.1, 0.15) is 13.3 Å². The SMILES string of the molecule is CC(CN(C)CCC(=O)Nc1ccccc1Oc1ccccc1)C(=O)O. The third-order valence-corrected chi connectivity index (χ3v) is 3.86. The number of carboxylic acids is 1. The Morgan fingerprint density at radius 2 is 1.77 bits per heavy atom. The van der Waals surface area contributed by atoms with Gasteiger partial charge in [-0.25, -0.2) is 0 Å². The Labute approximate surface area is 153 Å². The lowest BCUT2D eigenvalue weighted by atomic mass is 10.2. The number of ether oxygens (including phenoxy) is 1. The molecular weight excluding hydrogens is 332 g/mol. The summed E-state index contributed by atoms with van der Waals surface area (Å²) < 4.78 is 5.82. The van der Waals surface area contributed by atoms with Gasteiger partial charge in [-0.05, 0) is 31.3 Å². The fourth-order valence-corrected chi connectivity index (χ4v) is 2.42. The highest BCUT2D eigenvalue weighted by molar-refractivity contribution is 5.92. The summed E-state index contributed by atoms with van der Waals surface area (Å²) in [5, 5.41) is 11.8. The first kappa shape index (κ1) is 19.5. The minimum Gasteiger partial charge on any atom is -0.481 e. The summed E-state index contributed by atoms with van der Waals surface area (Å²) in [4.78, 5) is 25.0. The van der Waals surface area contributed by atoms with Crippen LogP contribution in [0.5, 0.6) is 11.5 Å². The number of hydrogen-bond donors (Lipinski definition) is 2. The second-order valence-corrected chi connectivity index (χ2v) is 6.21. The van der Waals surface area contributed by atoms with E-state index in [2.05, 4.69) is 5.32 Å². The van der Waals surface area contributed by atoms with Crippen LogP contribution in [0.3, 0.4) is 0 Å². The average molecular weight is 356 g/mol. The number of anilines is 1. The van der Waals surface area contributed by atoms with Crippen molar-refractivity contribution in [1.29, 1.82) is 0 Å². The predicted octanol–water partition coefficient (Wildman–Crippen LogP) is 3.46. The van der Waals surface area contributed by atoms with Gasteiger partial charge in [0.25, 0.3) is 0 Å². The fraction of sp³-hybridized carbons (Fsp3) is 0.300. The molecule has 138 valence electrons. The lowest BCUT2D eigenvalue weighted by Gasteiger charge is -2.19. The van der Waals surface area contributed by atoms with Crippen molar-refractivity contribution in [2.45, 2.75) is 13.3 Å². The number of carbonyl (C=O) groups excluding carboxylic acids is 1. The third kappa shape index (κ3) is 6.22. The number of aliphatic carboxylic acids is 1. The van der Waals surface area contributed by atoms with E-state index in [0.29, 0.717) is 30.3 Å². The molecule has 26 heavy (non-hydrogen) atoms. The molecule has 0 aliphatic carbocycles. The summed E-state index contributed by atoms with van der Waals surface area (Å²) in [6.07, 6.45) is 0.266. The molecule has 6 heteroatoms. The second-order valence-electron chi connectivity index (χ2n) is 6.21. The van der Waals surface area contributed by atoms with Gasteiger partial charge in [-0.2, -0.15) is 0 Å². The van der Waals surface area contributed by atoms with E-state index in [0.717, 1.165) is 0 Å². The van der Waals surface area contributed by atoms with Gasteiger partial charge in [0, 0.05) is 19.5 Å². The maximum atomic E-state index is 12.2. The minimum absolute atomic E-state index is 0.149. The molecule has 2 N–H and O–H groups in total. The molecule has 0 aromatic heterocycles. The number of nitrogens with zero attached hydrogens (tertiary/aromatic N) is 1. The van der Waals surface area contributed by atoms with Gasteiger partial charge in [-0.3, -0.25) is 9.59 Å². The number of amides is 1.